The van der Waals surface area contributed by atoms with Crippen molar-refractivity contribution < 1.29 is 13.5 Å². The normalized spacial score (nSPS) is 10.6. The Bertz CT molecular complexity index is 782. The molecule has 106 valence electrons. The predicted molar refractivity (Wildman–Crippen MR) is 66.2 cm³/mol. The van der Waals surface area contributed by atoms with Crippen LogP contribution in [0.1, 0.15) is 0 Å². The van der Waals surface area contributed by atoms with Crippen LogP contribution in [0.15, 0.2) is 30.9 Å². The minimum absolute atomic E-state index is 0.0271. The third kappa shape index (κ3) is 2.92. The van der Waals surface area contributed by atoms with Gasteiger partial charge in [-0.05, 0) is 23.7 Å². The SMILES string of the molecule is Fc1ccc(F)c(Oc2nc(Cl)nc(-n3cncn3)n2)c1. The Morgan fingerprint density at radius 3 is 2.76 bits per heavy atom. The largest absolute Gasteiger partial charge is 0.421 e. The van der Waals surface area contributed by atoms with Gasteiger partial charge >= 0.3 is 6.01 Å². The summed E-state index contributed by atoms with van der Waals surface area (Å²) in [7, 11) is 0. The Kier molecular flexibility index (Phi) is 3.40. The number of hydrogen-bond donors (Lipinski definition) is 0. The topological polar surface area (TPSA) is 78.6 Å². The van der Waals surface area contributed by atoms with Gasteiger partial charge in [0.25, 0.3) is 5.95 Å². The van der Waals surface area contributed by atoms with Crippen molar-refractivity contribution in [2.75, 3.05) is 0 Å². The smallest absolute Gasteiger partial charge is 0.328 e. The number of aromatic nitrogens is 6. The van der Waals surface area contributed by atoms with Gasteiger partial charge in [-0.2, -0.15) is 24.7 Å². The summed E-state index contributed by atoms with van der Waals surface area (Å²) < 4.78 is 32.9. The summed E-state index contributed by atoms with van der Waals surface area (Å²) >= 11 is 5.73. The molecule has 10 heteroatoms. The molecule has 0 atom stereocenters. The monoisotopic (exact) mass is 310 g/mol. The summed E-state index contributed by atoms with van der Waals surface area (Å²) in [4.78, 5) is 15.1. The Morgan fingerprint density at radius 1 is 1.14 bits per heavy atom. The minimum atomic E-state index is -0.768. The van der Waals surface area contributed by atoms with Crippen molar-refractivity contribution in [3.8, 4) is 17.7 Å². The van der Waals surface area contributed by atoms with E-state index in [0.29, 0.717) is 0 Å². The van der Waals surface area contributed by atoms with Crippen LogP contribution in [-0.4, -0.2) is 29.7 Å². The average Bonchev–Trinajstić information content (AvgIpc) is 2.96. The highest BCUT2D eigenvalue weighted by Gasteiger charge is 2.12. The third-order valence-corrected chi connectivity index (χ3v) is 2.46. The summed E-state index contributed by atoms with van der Waals surface area (Å²) in [6, 6.07) is 2.45. The summed E-state index contributed by atoms with van der Waals surface area (Å²) in [6.07, 6.45) is 2.60. The first-order valence-corrected chi connectivity index (χ1v) is 5.89. The van der Waals surface area contributed by atoms with E-state index in [9.17, 15) is 8.78 Å². The molecule has 0 fully saturated rings. The van der Waals surface area contributed by atoms with Crippen LogP contribution in [0.2, 0.25) is 5.28 Å². The van der Waals surface area contributed by atoms with Crippen molar-refractivity contribution in [3.05, 3.63) is 47.8 Å². The van der Waals surface area contributed by atoms with Gasteiger partial charge in [-0.1, -0.05) is 0 Å². The van der Waals surface area contributed by atoms with Crippen LogP contribution >= 0.6 is 11.6 Å². The lowest BCUT2D eigenvalue weighted by atomic mass is 10.3. The molecule has 0 bridgehead atoms. The molecule has 0 amide bonds. The van der Waals surface area contributed by atoms with Crippen LogP contribution in [0.3, 0.4) is 0 Å². The van der Waals surface area contributed by atoms with Gasteiger partial charge in [0, 0.05) is 6.07 Å². The van der Waals surface area contributed by atoms with Gasteiger partial charge in [0.1, 0.15) is 18.5 Å². The van der Waals surface area contributed by atoms with Gasteiger partial charge in [0.15, 0.2) is 11.6 Å². The van der Waals surface area contributed by atoms with Crippen LogP contribution < -0.4 is 4.74 Å². The minimum Gasteiger partial charge on any atom is -0.421 e. The van der Waals surface area contributed by atoms with Crippen molar-refractivity contribution in [3.63, 3.8) is 0 Å². The van der Waals surface area contributed by atoms with Gasteiger partial charge < -0.3 is 4.74 Å². The summed E-state index contributed by atoms with van der Waals surface area (Å²) in [6.45, 7) is 0. The molecule has 2 aromatic heterocycles. The van der Waals surface area contributed by atoms with Crippen LogP contribution in [-0.2, 0) is 0 Å². The molecular weight excluding hydrogens is 306 g/mol. The molecule has 0 N–H and O–H groups in total. The molecule has 0 spiro atoms. The number of benzene rings is 1. The third-order valence-electron chi connectivity index (χ3n) is 2.29. The first kappa shape index (κ1) is 13.3. The van der Waals surface area contributed by atoms with E-state index in [1.807, 2.05) is 0 Å². The van der Waals surface area contributed by atoms with Gasteiger partial charge in [-0.15, -0.1) is 0 Å². The van der Waals surface area contributed by atoms with E-state index in [1.165, 1.54) is 17.3 Å². The standard InChI is InChI=1S/C11H5ClF2N6O/c12-9-17-10(20-5-15-4-16-20)19-11(18-9)21-8-3-6(13)1-2-7(8)14/h1-5H. The molecule has 7 nitrogen and oxygen atoms in total. The second-order valence-corrected chi connectivity index (χ2v) is 4.04. The zero-order valence-corrected chi connectivity index (χ0v) is 10.9. The Labute approximate surface area is 121 Å². The Balaban J connectivity index is 1.97. The molecule has 0 aliphatic heterocycles. The molecule has 0 radical (unpaired) electrons. The summed E-state index contributed by atoms with van der Waals surface area (Å²) in [5.41, 5.74) is 0. The molecule has 0 unspecified atom stereocenters. The quantitative estimate of drug-likeness (QED) is 0.737. The predicted octanol–water partition coefficient (Wildman–Crippen LogP) is 2.18. The van der Waals surface area contributed by atoms with Crippen molar-refractivity contribution in [2.24, 2.45) is 0 Å². The number of halogens is 3. The zero-order chi connectivity index (χ0) is 14.8. The van der Waals surface area contributed by atoms with Crippen molar-refractivity contribution in [1.29, 1.82) is 0 Å². The van der Waals surface area contributed by atoms with E-state index in [1.54, 1.807) is 0 Å². The van der Waals surface area contributed by atoms with Crippen LogP contribution in [0, 0.1) is 11.6 Å². The summed E-state index contributed by atoms with van der Waals surface area (Å²) in [5, 5.41) is 3.62. The highest BCUT2D eigenvalue weighted by Crippen LogP contribution is 2.23. The van der Waals surface area contributed by atoms with E-state index < -0.39 is 11.6 Å². The van der Waals surface area contributed by atoms with Crippen molar-refractivity contribution in [1.82, 2.24) is 29.7 Å². The van der Waals surface area contributed by atoms with E-state index in [0.717, 1.165) is 18.2 Å². The fourth-order valence-corrected chi connectivity index (χ4v) is 1.58. The first-order valence-electron chi connectivity index (χ1n) is 5.51. The van der Waals surface area contributed by atoms with E-state index in [2.05, 4.69) is 25.0 Å². The van der Waals surface area contributed by atoms with Crippen molar-refractivity contribution >= 4 is 11.6 Å². The van der Waals surface area contributed by atoms with Gasteiger partial charge in [0.2, 0.25) is 5.28 Å². The molecule has 3 rings (SSSR count). The average molecular weight is 311 g/mol. The Morgan fingerprint density at radius 2 is 2.00 bits per heavy atom. The second-order valence-electron chi connectivity index (χ2n) is 3.70. The molecular formula is C11H5ClF2N6O. The maximum absolute atomic E-state index is 13.5. The fourth-order valence-electron chi connectivity index (χ4n) is 1.44. The number of rotatable bonds is 3. The first-order chi connectivity index (χ1) is 10.1. The van der Waals surface area contributed by atoms with Crippen LogP contribution in [0.25, 0.3) is 5.95 Å². The lowest BCUT2D eigenvalue weighted by molar-refractivity contribution is 0.403. The number of nitrogens with zero attached hydrogens (tertiary/aromatic N) is 6. The number of ether oxygens (including phenoxy) is 1. The zero-order valence-electron chi connectivity index (χ0n) is 10.1. The maximum Gasteiger partial charge on any atom is 0.328 e. The van der Waals surface area contributed by atoms with E-state index >= 15 is 0 Å². The summed E-state index contributed by atoms with van der Waals surface area (Å²) in [5.74, 6) is -1.78. The molecule has 3 aromatic rings. The lowest BCUT2D eigenvalue weighted by Crippen LogP contribution is -2.05. The molecule has 0 aliphatic rings. The highest BCUT2D eigenvalue weighted by atomic mass is 35.5. The lowest BCUT2D eigenvalue weighted by Gasteiger charge is -2.06. The molecule has 21 heavy (non-hydrogen) atoms. The molecule has 1 aromatic carbocycles. The number of hydrogen-bond acceptors (Lipinski definition) is 6. The van der Waals surface area contributed by atoms with Gasteiger partial charge in [-0.3, -0.25) is 0 Å². The second kappa shape index (κ2) is 5.37. The highest BCUT2D eigenvalue weighted by molar-refractivity contribution is 6.28. The fraction of sp³-hybridized carbons (Fsp3) is 0. The van der Waals surface area contributed by atoms with Crippen molar-refractivity contribution in [2.45, 2.75) is 0 Å². The molecule has 0 aliphatic carbocycles. The Hall–Kier alpha value is -2.68. The van der Waals surface area contributed by atoms with Crippen LogP contribution in [0.5, 0.6) is 11.8 Å². The van der Waals surface area contributed by atoms with E-state index in [-0.39, 0.29) is 23.0 Å². The van der Waals surface area contributed by atoms with Gasteiger partial charge in [0.05, 0.1) is 0 Å². The van der Waals surface area contributed by atoms with E-state index in [4.69, 9.17) is 16.3 Å². The molecule has 0 saturated carbocycles. The maximum atomic E-state index is 13.5. The van der Waals surface area contributed by atoms with Crippen LogP contribution in [0.4, 0.5) is 8.78 Å². The molecule has 2 heterocycles. The van der Waals surface area contributed by atoms with Gasteiger partial charge in [-0.25, -0.2) is 13.8 Å². The molecule has 0 saturated heterocycles.